The van der Waals surface area contributed by atoms with Crippen LogP contribution in [0, 0.1) is 0 Å². The standard InChI is InChI=1S/C10H11ClN4/c11-9-14-6-4-8(15-9)10(13)5-2-1-3-7(10)12/h1-7H,12-13H2. The second kappa shape index (κ2) is 3.73. The van der Waals surface area contributed by atoms with Crippen LogP contribution in [0.25, 0.3) is 0 Å². The Kier molecular flexibility index (Phi) is 2.56. The monoisotopic (exact) mass is 222 g/mol. The highest BCUT2D eigenvalue weighted by molar-refractivity contribution is 6.28. The van der Waals surface area contributed by atoms with Gasteiger partial charge in [0.25, 0.3) is 0 Å². The molecule has 15 heavy (non-hydrogen) atoms. The first kappa shape index (κ1) is 10.3. The van der Waals surface area contributed by atoms with Crippen LogP contribution in [0.3, 0.4) is 0 Å². The fourth-order valence-electron chi connectivity index (χ4n) is 1.50. The zero-order valence-electron chi connectivity index (χ0n) is 7.97. The molecule has 1 heterocycles. The number of halogens is 1. The SMILES string of the molecule is NC1C=CC=CC1(N)c1ccnc(Cl)n1. The Bertz CT molecular complexity index is 429. The number of rotatable bonds is 1. The first-order valence-electron chi connectivity index (χ1n) is 4.52. The summed E-state index contributed by atoms with van der Waals surface area (Å²) in [6.07, 6.45) is 8.92. The third-order valence-electron chi connectivity index (χ3n) is 2.42. The van der Waals surface area contributed by atoms with Gasteiger partial charge in [0.1, 0.15) is 0 Å². The van der Waals surface area contributed by atoms with Gasteiger partial charge in [0.05, 0.1) is 17.3 Å². The molecule has 2 atom stereocenters. The normalized spacial score (nSPS) is 29.4. The van der Waals surface area contributed by atoms with Crippen LogP contribution in [0.15, 0.2) is 36.6 Å². The molecule has 0 amide bonds. The van der Waals surface area contributed by atoms with E-state index in [9.17, 15) is 0 Å². The summed E-state index contributed by atoms with van der Waals surface area (Å²) in [5, 5.41) is 0.174. The molecular formula is C10H11ClN4. The van der Waals surface area contributed by atoms with Crippen molar-refractivity contribution in [2.24, 2.45) is 11.5 Å². The van der Waals surface area contributed by atoms with Crippen LogP contribution in [0.1, 0.15) is 5.69 Å². The molecule has 4 N–H and O–H groups in total. The fraction of sp³-hybridized carbons (Fsp3) is 0.200. The van der Waals surface area contributed by atoms with E-state index in [0.29, 0.717) is 5.69 Å². The maximum atomic E-state index is 6.18. The summed E-state index contributed by atoms with van der Waals surface area (Å²) < 4.78 is 0. The van der Waals surface area contributed by atoms with E-state index in [2.05, 4.69) is 9.97 Å². The van der Waals surface area contributed by atoms with E-state index >= 15 is 0 Å². The highest BCUT2D eigenvalue weighted by Crippen LogP contribution is 2.25. The number of aromatic nitrogens is 2. The van der Waals surface area contributed by atoms with E-state index in [4.69, 9.17) is 23.1 Å². The molecule has 78 valence electrons. The van der Waals surface area contributed by atoms with Crippen LogP contribution < -0.4 is 11.5 Å². The van der Waals surface area contributed by atoms with Gasteiger partial charge in [-0.05, 0) is 17.7 Å². The molecule has 2 unspecified atom stereocenters. The summed E-state index contributed by atoms with van der Waals surface area (Å²) in [5.41, 5.74) is 11.9. The van der Waals surface area contributed by atoms with Crippen molar-refractivity contribution >= 4 is 11.6 Å². The lowest BCUT2D eigenvalue weighted by atomic mass is 9.84. The van der Waals surface area contributed by atoms with Crippen molar-refractivity contribution in [3.63, 3.8) is 0 Å². The van der Waals surface area contributed by atoms with E-state index < -0.39 is 5.54 Å². The molecule has 0 spiro atoms. The molecule has 0 saturated carbocycles. The van der Waals surface area contributed by atoms with Crippen LogP contribution in [-0.2, 0) is 5.54 Å². The average Bonchev–Trinajstić information content (AvgIpc) is 2.23. The maximum Gasteiger partial charge on any atom is 0.222 e. The Hall–Kier alpha value is -1.23. The molecule has 0 bridgehead atoms. The fourth-order valence-corrected chi connectivity index (χ4v) is 1.65. The average molecular weight is 223 g/mol. The van der Waals surface area contributed by atoms with Gasteiger partial charge in [-0.15, -0.1) is 0 Å². The van der Waals surface area contributed by atoms with Crippen molar-refractivity contribution in [2.75, 3.05) is 0 Å². The van der Waals surface area contributed by atoms with E-state index in [0.717, 1.165) is 0 Å². The highest BCUT2D eigenvalue weighted by Gasteiger charge is 2.33. The summed E-state index contributed by atoms with van der Waals surface area (Å²) in [5.74, 6) is 0. The topological polar surface area (TPSA) is 77.8 Å². The first-order chi connectivity index (χ1) is 7.13. The van der Waals surface area contributed by atoms with Crippen LogP contribution in [-0.4, -0.2) is 16.0 Å². The largest absolute Gasteiger partial charge is 0.322 e. The maximum absolute atomic E-state index is 6.18. The van der Waals surface area contributed by atoms with Gasteiger partial charge in [0.15, 0.2) is 0 Å². The third kappa shape index (κ3) is 1.79. The van der Waals surface area contributed by atoms with Crippen molar-refractivity contribution < 1.29 is 0 Å². The molecule has 0 fully saturated rings. The van der Waals surface area contributed by atoms with Gasteiger partial charge in [-0.2, -0.15) is 0 Å². The van der Waals surface area contributed by atoms with Crippen molar-refractivity contribution in [1.29, 1.82) is 0 Å². The van der Waals surface area contributed by atoms with Crippen molar-refractivity contribution in [2.45, 2.75) is 11.6 Å². The Morgan fingerprint density at radius 1 is 1.40 bits per heavy atom. The van der Waals surface area contributed by atoms with Crippen molar-refractivity contribution in [3.05, 3.63) is 47.5 Å². The summed E-state index contributed by atoms with van der Waals surface area (Å²) in [6, 6.07) is 1.41. The van der Waals surface area contributed by atoms with Crippen LogP contribution in [0.5, 0.6) is 0 Å². The van der Waals surface area contributed by atoms with Gasteiger partial charge >= 0.3 is 0 Å². The molecule has 1 aliphatic rings. The predicted molar refractivity (Wildman–Crippen MR) is 59.2 cm³/mol. The van der Waals surface area contributed by atoms with E-state index in [1.807, 2.05) is 24.3 Å². The second-order valence-corrected chi connectivity index (χ2v) is 3.75. The van der Waals surface area contributed by atoms with E-state index in [1.54, 1.807) is 12.3 Å². The highest BCUT2D eigenvalue weighted by atomic mass is 35.5. The molecule has 0 radical (unpaired) electrons. The minimum atomic E-state index is -0.804. The number of nitrogens with two attached hydrogens (primary N) is 2. The molecule has 1 aliphatic carbocycles. The van der Waals surface area contributed by atoms with Gasteiger partial charge in [-0.3, -0.25) is 0 Å². The lowest BCUT2D eigenvalue weighted by molar-refractivity contribution is 0.477. The molecule has 5 heteroatoms. The van der Waals surface area contributed by atoms with Crippen molar-refractivity contribution in [1.82, 2.24) is 9.97 Å². The molecule has 4 nitrogen and oxygen atoms in total. The predicted octanol–water partition coefficient (Wildman–Crippen LogP) is 0.737. The third-order valence-corrected chi connectivity index (χ3v) is 2.61. The van der Waals surface area contributed by atoms with Gasteiger partial charge in [-0.25, -0.2) is 9.97 Å². The lowest BCUT2D eigenvalue weighted by Crippen LogP contribution is -2.51. The Balaban J connectivity index is 2.45. The number of hydrogen-bond acceptors (Lipinski definition) is 4. The van der Waals surface area contributed by atoms with Crippen LogP contribution in [0.2, 0.25) is 5.28 Å². The Morgan fingerprint density at radius 3 is 2.87 bits per heavy atom. The summed E-state index contributed by atoms with van der Waals surface area (Å²) in [7, 11) is 0. The number of allylic oxidation sites excluding steroid dienone is 2. The molecule has 0 aromatic carbocycles. The van der Waals surface area contributed by atoms with Gasteiger partial charge in [0.2, 0.25) is 5.28 Å². The van der Waals surface area contributed by atoms with Gasteiger partial charge < -0.3 is 11.5 Å². The Morgan fingerprint density at radius 2 is 2.20 bits per heavy atom. The van der Waals surface area contributed by atoms with Crippen LogP contribution >= 0.6 is 11.6 Å². The smallest absolute Gasteiger partial charge is 0.222 e. The summed E-state index contributed by atoms with van der Waals surface area (Å²) in [6.45, 7) is 0. The Labute approximate surface area is 92.7 Å². The molecular weight excluding hydrogens is 212 g/mol. The van der Waals surface area contributed by atoms with Crippen LogP contribution in [0.4, 0.5) is 0 Å². The van der Waals surface area contributed by atoms with Gasteiger partial charge in [-0.1, -0.05) is 24.3 Å². The van der Waals surface area contributed by atoms with Crippen molar-refractivity contribution in [3.8, 4) is 0 Å². The number of hydrogen-bond donors (Lipinski definition) is 2. The molecule has 2 rings (SSSR count). The molecule has 0 aliphatic heterocycles. The molecule has 1 aromatic heterocycles. The first-order valence-corrected chi connectivity index (χ1v) is 4.90. The summed E-state index contributed by atoms with van der Waals surface area (Å²) >= 11 is 5.71. The quantitative estimate of drug-likeness (QED) is 0.687. The second-order valence-electron chi connectivity index (χ2n) is 3.41. The van der Waals surface area contributed by atoms with Gasteiger partial charge in [0, 0.05) is 6.20 Å². The lowest BCUT2D eigenvalue weighted by Gasteiger charge is -2.31. The number of nitrogens with zero attached hydrogens (tertiary/aromatic N) is 2. The zero-order valence-corrected chi connectivity index (χ0v) is 8.72. The minimum absolute atomic E-state index is 0.174. The zero-order chi connectivity index (χ0) is 10.9. The summed E-state index contributed by atoms with van der Waals surface area (Å²) in [4.78, 5) is 7.89. The molecule has 0 saturated heterocycles. The van der Waals surface area contributed by atoms with E-state index in [1.165, 1.54) is 0 Å². The molecule has 1 aromatic rings. The van der Waals surface area contributed by atoms with E-state index in [-0.39, 0.29) is 11.3 Å². The minimum Gasteiger partial charge on any atom is -0.322 e.